The molecule has 0 fully saturated rings. The largest absolute Gasteiger partial charge is 0.484 e. The summed E-state index contributed by atoms with van der Waals surface area (Å²) in [5, 5.41) is 5.10. The fourth-order valence-electron chi connectivity index (χ4n) is 2.58. The van der Waals surface area contributed by atoms with E-state index < -0.39 is 0 Å². The van der Waals surface area contributed by atoms with E-state index in [0.717, 1.165) is 27.9 Å². The van der Waals surface area contributed by atoms with Crippen molar-refractivity contribution in [2.45, 2.75) is 13.5 Å². The van der Waals surface area contributed by atoms with Crippen LogP contribution in [0.15, 0.2) is 65.2 Å². The number of aromatic nitrogens is 3. The minimum absolute atomic E-state index is 0.235. The Labute approximate surface area is 138 Å². The molecule has 24 heavy (non-hydrogen) atoms. The first-order valence-corrected chi connectivity index (χ1v) is 7.67. The first-order chi connectivity index (χ1) is 11.8. The van der Waals surface area contributed by atoms with Gasteiger partial charge in [-0.2, -0.15) is 4.98 Å². The summed E-state index contributed by atoms with van der Waals surface area (Å²) in [5.41, 5.74) is 2.74. The minimum atomic E-state index is 0.235. The molecule has 2 aromatic carbocycles. The van der Waals surface area contributed by atoms with Crippen LogP contribution in [0.2, 0.25) is 0 Å². The van der Waals surface area contributed by atoms with Crippen LogP contribution >= 0.6 is 0 Å². The molecule has 0 aliphatic heterocycles. The Morgan fingerprint density at radius 1 is 0.958 bits per heavy atom. The number of nitrogens with zero attached hydrogens (tertiary/aromatic N) is 3. The zero-order valence-corrected chi connectivity index (χ0v) is 13.1. The van der Waals surface area contributed by atoms with Gasteiger partial charge in [0.15, 0.2) is 6.61 Å². The Bertz CT molecular complexity index is 980. The average molecular weight is 317 g/mol. The summed E-state index contributed by atoms with van der Waals surface area (Å²) in [6, 6.07) is 19.4. The first kappa shape index (κ1) is 14.4. The zero-order valence-electron chi connectivity index (χ0n) is 13.1. The van der Waals surface area contributed by atoms with E-state index >= 15 is 0 Å². The summed E-state index contributed by atoms with van der Waals surface area (Å²) in [4.78, 5) is 8.99. The predicted molar refractivity (Wildman–Crippen MR) is 90.5 cm³/mol. The molecule has 0 spiro atoms. The monoisotopic (exact) mass is 317 g/mol. The predicted octanol–water partition coefficient (Wildman–Crippen LogP) is 4.17. The number of aryl methyl sites for hydroxylation is 1. The summed E-state index contributed by atoms with van der Waals surface area (Å²) in [5.74, 6) is 1.75. The molecule has 0 unspecified atom stereocenters. The molecule has 5 nitrogen and oxygen atoms in total. The van der Waals surface area contributed by atoms with Crippen molar-refractivity contribution in [1.82, 2.24) is 15.1 Å². The molecule has 0 aliphatic carbocycles. The second-order valence-corrected chi connectivity index (χ2v) is 5.44. The third kappa shape index (κ3) is 2.84. The van der Waals surface area contributed by atoms with Crippen molar-refractivity contribution < 1.29 is 9.26 Å². The third-order valence-corrected chi connectivity index (χ3v) is 3.66. The summed E-state index contributed by atoms with van der Waals surface area (Å²) in [7, 11) is 0. The van der Waals surface area contributed by atoms with Gasteiger partial charge in [0.25, 0.3) is 5.89 Å². The number of benzene rings is 2. The Kier molecular flexibility index (Phi) is 3.67. The summed E-state index contributed by atoms with van der Waals surface area (Å²) >= 11 is 0. The molecule has 0 aliphatic rings. The van der Waals surface area contributed by atoms with Crippen molar-refractivity contribution in [3.05, 3.63) is 72.2 Å². The van der Waals surface area contributed by atoms with Crippen LogP contribution in [-0.4, -0.2) is 15.1 Å². The van der Waals surface area contributed by atoms with Gasteiger partial charge in [-0.1, -0.05) is 41.6 Å². The van der Waals surface area contributed by atoms with Gasteiger partial charge in [0.05, 0.1) is 5.52 Å². The molecule has 2 heterocycles. The summed E-state index contributed by atoms with van der Waals surface area (Å²) in [6.07, 6.45) is 0. The number of ether oxygens (including phenoxy) is 1. The van der Waals surface area contributed by atoms with Gasteiger partial charge in [0, 0.05) is 16.6 Å². The highest BCUT2D eigenvalue weighted by molar-refractivity contribution is 5.92. The maximum Gasteiger partial charge on any atom is 0.264 e. The Morgan fingerprint density at radius 3 is 2.62 bits per heavy atom. The SMILES string of the molecule is Cc1cc(-c2noc(COc3ccccc3)n2)c2ccccc2n1. The van der Waals surface area contributed by atoms with Crippen molar-refractivity contribution in [2.24, 2.45) is 0 Å². The van der Waals surface area contributed by atoms with Crippen molar-refractivity contribution in [3.8, 4) is 17.1 Å². The number of pyridine rings is 1. The highest BCUT2D eigenvalue weighted by atomic mass is 16.5. The lowest BCUT2D eigenvalue weighted by molar-refractivity contribution is 0.243. The van der Waals surface area contributed by atoms with Crippen LogP contribution in [0.1, 0.15) is 11.6 Å². The Morgan fingerprint density at radius 2 is 1.75 bits per heavy atom. The number of hydrogen-bond donors (Lipinski definition) is 0. The van der Waals surface area contributed by atoms with E-state index in [4.69, 9.17) is 9.26 Å². The summed E-state index contributed by atoms with van der Waals surface area (Å²) < 4.78 is 11.0. The maximum atomic E-state index is 5.64. The highest BCUT2D eigenvalue weighted by Gasteiger charge is 2.13. The summed E-state index contributed by atoms with van der Waals surface area (Å²) in [6.45, 7) is 2.19. The number of para-hydroxylation sites is 2. The van der Waals surface area contributed by atoms with Crippen LogP contribution in [0.25, 0.3) is 22.3 Å². The van der Waals surface area contributed by atoms with Crippen LogP contribution in [0.4, 0.5) is 0 Å². The molecule has 0 bridgehead atoms. The quantitative estimate of drug-likeness (QED) is 0.565. The lowest BCUT2D eigenvalue weighted by Crippen LogP contribution is -1.95. The van der Waals surface area contributed by atoms with E-state index in [-0.39, 0.29) is 6.61 Å². The normalized spacial score (nSPS) is 10.9. The van der Waals surface area contributed by atoms with Gasteiger partial charge < -0.3 is 9.26 Å². The lowest BCUT2D eigenvalue weighted by Gasteiger charge is -2.04. The molecule has 0 N–H and O–H groups in total. The van der Waals surface area contributed by atoms with Crippen LogP contribution < -0.4 is 4.74 Å². The standard InChI is InChI=1S/C19H15N3O2/c1-13-11-16(15-9-5-6-10-17(15)20-13)19-21-18(24-22-19)12-23-14-7-3-2-4-8-14/h2-11H,12H2,1H3. The lowest BCUT2D eigenvalue weighted by atomic mass is 10.1. The number of rotatable bonds is 4. The fraction of sp³-hybridized carbons (Fsp3) is 0.105. The van der Waals surface area contributed by atoms with E-state index in [0.29, 0.717) is 11.7 Å². The fourth-order valence-corrected chi connectivity index (χ4v) is 2.58. The Hall–Kier alpha value is -3.21. The Balaban J connectivity index is 1.63. The molecule has 118 valence electrons. The van der Waals surface area contributed by atoms with Gasteiger partial charge in [0.2, 0.25) is 5.82 Å². The van der Waals surface area contributed by atoms with Gasteiger partial charge in [-0.25, -0.2) is 0 Å². The average Bonchev–Trinajstić information content (AvgIpc) is 3.09. The second kappa shape index (κ2) is 6.12. The third-order valence-electron chi connectivity index (χ3n) is 3.66. The molecule has 4 rings (SSSR count). The van der Waals surface area contributed by atoms with Crippen LogP contribution in [0, 0.1) is 6.92 Å². The van der Waals surface area contributed by atoms with Gasteiger partial charge in [-0.15, -0.1) is 0 Å². The van der Waals surface area contributed by atoms with E-state index in [1.54, 1.807) is 0 Å². The van der Waals surface area contributed by atoms with Gasteiger partial charge in [-0.05, 0) is 31.2 Å². The molecular formula is C19H15N3O2. The molecule has 0 saturated carbocycles. The molecule has 0 atom stereocenters. The van der Waals surface area contributed by atoms with Crippen molar-refractivity contribution in [1.29, 1.82) is 0 Å². The molecule has 0 radical (unpaired) electrons. The van der Waals surface area contributed by atoms with Crippen LogP contribution in [0.3, 0.4) is 0 Å². The van der Waals surface area contributed by atoms with Crippen molar-refractivity contribution in [3.63, 3.8) is 0 Å². The maximum absolute atomic E-state index is 5.64. The highest BCUT2D eigenvalue weighted by Crippen LogP contribution is 2.26. The van der Waals surface area contributed by atoms with E-state index in [9.17, 15) is 0 Å². The second-order valence-electron chi connectivity index (χ2n) is 5.44. The zero-order chi connectivity index (χ0) is 16.4. The van der Waals surface area contributed by atoms with Gasteiger partial charge >= 0.3 is 0 Å². The van der Waals surface area contributed by atoms with Crippen LogP contribution in [-0.2, 0) is 6.61 Å². The first-order valence-electron chi connectivity index (χ1n) is 7.67. The molecule has 2 aromatic heterocycles. The van der Waals surface area contributed by atoms with Gasteiger partial charge in [-0.3, -0.25) is 4.98 Å². The van der Waals surface area contributed by atoms with E-state index in [2.05, 4.69) is 15.1 Å². The number of hydrogen-bond acceptors (Lipinski definition) is 5. The molecule has 0 amide bonds. The smallest absolute Gasteiger partial charge is 0.264 e. The topological polar surface area (TPSA) is 61.0 Å². The van der Waals surface area contributed by atoms with Gasteiger partial charge in [0.1, 0.15) is 5.75 Å². The molecule has 5 heteroatoms. The van der Waals surface area contributed by atoms with E-state index in [1.807, 2.05) is 67.6 Å². The molecule has 4 aromatic rings. The van der Waals surface area contributed by atoms with Crippen molar-refractivity contribution in [2.75, 3.05) is 0 Å². The van der Waals surface area contributed by atoms with Crippen LogP contribution in [0.5, 0.6) is 5.75 Å². The van der Waals surface area contributed by atoms with Crippen molar-refractivity contribution >= 4 is 10.9 Å². The number of fused-ring (bicyclic) bond motifs is 1. The van der Waals surface area contributed by atoms with E-state index in [1.165, 1.54) is 0 Å². The molecule has 0 saturated heterocycles. The molecular weight excluding hydrogens is 302 g/mol. The minimum Gasteiger partial charge on any atom is -0.484 e.